The van der Waals surface area contributed by atoms with Crippen molar-refractivity contribution in [3.05, 3.63) is 52.6 Å². The average molecular weight is 487 g/mol. The van der Waals surface area contributed by atoms with Crippen LogP contribution in [-0.4, -0.2) is 48.2 Å². The van der Waals surface area contributed by atoms with E-state index in [2.05, 4.69) is 20.2 Å². The molecule has 1 N–H and O–H groups in total. The van der Waals surface area contributed by atoms with E-state index in [1.165, 1.54) is 12.1 Å². The number of carbonyl (C=O) groups excluding carboxylic acids is 1. The van der Waals surface area contributed by atoms with E-state index < -0.39 is 12.1 Å². The van der Waals surface area contributed by atoms with Gasteiger partial charge in [0, 0.05) is 30.1 Å². The van der Waals surface area contributed by atoms with Gasteiger partial charge >= 0.3 is 0 Å². The van der Waals surface area contributed by atoms with Crippen LogP contribution in [0.15, 0.2) is 30.6 Å². The number of rotatable bonds is 5. The lowest BCUT2D eigenvalue weighted by atomic mass is 9.87. The molecule has 1 amide bonds. The van der Waals surface area contributed by atoms with Gasteiger partial charge in [0.2, 0.25) is 5.95 Å². The van der Waals surface area contributed by atoms with Gasteiger partial charge in [0.25, 0.3) is 5.91 Å². The van der Waals surface area contributed by atoms with Crippen LogP contribution in [0.2, 0.25) is 5.02 Å². The molecule has 3 heterocycles. The summed E-state index contributed by atoms with van der Waals surface area (Å²) in [5, 5.41) is 3.37. The third kappa shape index (κ3) is 4.39. The Bertz CT molecular complexity index is 1060. The molecule has 34 heavy (non-hydrogen) atoms. The van der Waals surface area contributed by atoms with Gasteiger partial charge < -0.3 is 19.7 Å². The van der Waals surface area contributed by atoms with E-state index in [4.69, 9.17) is 21.1 Å². The van der Waals surface area contributed by atoms with Crippen LogP contribution >= 0.6 is 11.6 Å². The third-order valence-electron chi connectivity index (χ3n) is 7.72. The van der Waals surface area contributed by atoms with E-state index in [0.717, 1.165) is 51.1 Å². The molecule has 2 aliphatic carbocycles. The van der Waals surface area contributed by atoms with Crippen LogP contribution in [0.5, 0.6) is 0 Å². The molecule has 2 aliphatic heterocycles. The Morgan fingerprint density at radius 1 is 1.12 bits per heavy atom. The minimum Gasteiger partial charge on any atom is -0.349 e. The summed E-state index contributed by atoms with van der Waals surface area (Å²) in [6.07, 6.45) is 7.92. The number of anilines is 1. The minimum atomic E-state index is -0.592. The van der Waals surface area contributed by atoms with E-state index in [0.29, 0.717) is 35.6 Å². The van der Waals surface area contributed by atoms with Gasteiger partial charge in [-0.3, -0.25) is 4.79 Å². The molecule has 180 valence electrons. The van der Waals surface area contributed by atoms with Gasteiger partial charge in [0.15, 0.2) is 6.29 Å². The molecule has 2 saturated carbocycles. The number of benzene rings is 1. The highest BCUT2D eigenvalue weighted by atomic mass is 35.5. The standard InChI is InChI=1S/C25H28ClFN4O3/c26-17-11-28-24(29-12-17)31-7-5-15(6-8-31)20-10-25(20)13-33-23(34-14-25)16-1-4-19(21(27)9-16)22(32)30-18-2-3-18/h1,4,9,11-12,15,18,20,23H,2-3,5-8,10,13-14H2,(H,30,32)/t20-,23?,25?/m0/s1. The maximum atomic E-state index is 14.6. The minimum absolute atomic E-state index is 0.0699. The number of nitrogens with zero attached hydrogens (tertiary/aromatic N) is 3. The lowest BCUT2D eigenvalue weighted by Gasteiger charge is -2.35. The Morgan fingerprint density at radius 2 is 1.82 bits per heavy atom. The maximum Gasteiger partial charge on any atom is 0.254 e. The van der Waals surface area contributed by atoms with Crippen molar-refractivity contribution in [2.45, 2.75) is 44.4 Å². The number of ether oxygens (including phenoxy) is 2. The Kier molecular flexibility index (Phi) is 5.70. The van der Waals surface area contributed by atoms with Crippen LogP contribution in [0.25, 0.3) is 0 Å². The van der Waals surface area contributed by atoms with Crippen molar-refractivity contribution in [2.75, 3.05) is 31.2 Å². The summed E-state index contributed by atoms with van der Waals surface area (Å²) in [6, 6.07) is 4.81. The summed E-state index contributed by atoms with van der Waals surface area (Å²) in [5.41, 5.74) is 0.757. The highest BCUT2D eigenvalue weighted by molar-refractivity contribution is 6.30. The molecule has 0 radical (unpaired) electrons. The Labute approximate surface area is 203 Å². The first-order valence-corrected chi connectivity index (χ1v) is 12.4. The van der Waals surface area contributed by atoms with Gasteiger partial charge in [-0.1, -0.05) is 17.7 Å². The number of carbonyl (C=O) groups is 1. The normalized spacial score (nSPS) is 29.3. The molecule has 0 unspecified atom stereocenters. The van der Waals surface area contributed by atoms with Gasteiger partial charge in [-0.15, -0.1) is 0 Å². The van der Waals surface area contributed by atoms with Crippen LogP contribution in [0.3, 0.4) is 0 Å². The fourth-order valence-corrected chi connectivity index (χ4v) is 5.56. The monoisotopic (exact) mass is 486 g/mol. The van der Waals surface area contributed by atoms with Gasteiger partial charge in [-0.2, -0.15) is 0 Å². The first kappa shape index (κ1) is 22.2. The molecule has 7 nitrogen and oxygen atoms in total. The van der Waals surface area contributed by atoms with Gasteiger partial charge in [0.1, 0.15) is 5.82 Å². The predicted octanol–water partition coefficient (Wildman–Crippen LogP) is 4.13. The molecule has 9 heteroatoms. The zero-order valence-corrected chi connectivity index (χ0v) is 19.6. The van der Waals surface area contributed by atoms with Crippen molar-refractivity contribution in [1.82, 2.24) is 15.3 Å². The lowest BCUT2D eigenvalue weighted by molar-refractivity contribution is -0.216. The molecular formula is C25H28ClFN4O3. The molecular weight excluding hydrogens is 459 g/mol. The zero-order valence-electron chi connectivity index (χ0n) is 18.9. The Hall–Kier alpha value is -2.29. The summed E-state index contributed by atoms with van der Waals surface area (Å²) >= 11 is 5.90. The number of aromatic nitrogens is 2. The van der Waals surface area contributed by atoms with Crippen LogP contribution in [0.1, 0.15) is 54.3 Å². The van der Waals surface area contributed by atoms with Crippen LogP contribution in [0, 0.1) is 23.1 Å². The van der Waals surface area contributed by atoms with E-state index in [9.17, 15) is 9.18 Å². The molecule has 0 bridgehead atoms. The van der Waals surface area contributed by atoms with Crippen LogP contribution < -0.4 is 10.2 Å². The van der Waals surface area contributed by atoms with Crippen LogP contribution in [-0.2, 0) is 9.47 Å². The molecule has 2 aromatic rings. The highest BCUT2D eigenvalue weighted by Crippen LogP contribution is 2.61. The molecule has 1 atom stereocenters. The zero-order chi connectivity index (χ0) is 23.3. The van der Waals surface area contributed by atoms with Gasteiger partial charge in [-0.25, -0.2) is 14.4 Å². The lowest BCUT2D eigenvalue weighted by Crippen LogP contribution is -2.37. The second-order valence-corrected chi connectivity index (χ2v) is 10.6. The van der Waals surface area contributed by atoms with E-state index in [-0.39, 0.29) is 22.9 Å². The number of nitrogens with one attached hydrogen (secondary N) is 1. The molecule has 6 rings (SSSR count). The summed E-state index contributed by atoms with van der Waals surface area (Å²) in [4.78, 5) is 23.1. The van der Waals surface area contributed by atoms with E-state index in [1.54, 1.807) is 18.5 Å². The molecule has 1 aromatic carbocycles. The van der Waals surface area contributed by atoms with Crippen molar-refractivity contribution in [3.63, 3.8) is 0 Å². The predicted molar refractivity (Wildman–Crippen MR) is 124 cm³/mol. The van der Waals surface area contributed by atoms with Crippen molar-refractivity contribution in [3.8, 4) is 0 Å². The maximum absolute atomic E-state index is 14.6. The first-order valence-electron chi connectivity index (χ1n) is 12.1. The van der Waals surface area contributed by atoms with Crippen molar-refractivity contribution in [2.24, 2.45) is 17.3 Å². The number of hydrogen-bond acceptors (Lipinski definition) is 6. The van der Waals surface area contributed by atoms with Crippen molar-refractivity contribution in [1.29, 1.82) is 0 Å². The van der Waals surface area contributed by atoms with Crippen molar-refractivity contribution < 1.29 is 18.7 Å². The van der Waals surface area contributed by atoms with E-state index >= 15 is 0 Å². The molecule has 4 fully saturated rings. The quantitative estimate of drug-likeness (QED) is 0.684. The average Bonchev–Trinajstić information content (AvgIpc) is 3.78. The fraction of sp³-hybridized carbons (Fsp3) is 0.560. The second kappa shape index (κ2) is 8.73. The third-order valence-corrected chi connectivity index (χ3v) is 7.91. The van der Waals surface area contributed by atoms with Crippen molar-refractivity contribution >= 4 is 23.5 Å². The SMILES string of the molecule is O=C(NC1CC1)c1ccc(C2OCC3(CO2)C[C@H]3C2CCN(c3ncc(Cl)cn3)CC2)cc1F. The number of amides is 1. The largest absolute Gasteiger partial charge is 0.349 e. The van der Waals surface area contributed by atoms with Crippen LogP contribution in [0.4, 0.5) is 10.3 Å². The molecule has 1 spiro atoms. The smallest absolute Gasteiger partial charge is 0.254 e. The topological polar surface area (TPSA) is 76.6 Å². The fourth-order valence-electron chi connectivity index (χ4n) is 5.47. The summed E-state index contributed by atoms with van der Waals surface area (Å²) in [5.74, 6) is 1.07. The Morgan fingerprint density at radius 3 is 2.47 bits per heavy atom. The summed E-state index contributed by atoms with van der Waals surface area (Å²) in [6.45, 7) is 3.11. The molecule has 2 saturated heterocycles. The Balaban J connectivity index is 1.01. The van der Waals surface area contributed by atoms with E-state index in [1.807, 2.05) is 0 Å². The first-order chi connectivity index (χ1) is 16.5. The second-order valence-electron chi connectivity index (χ2n) is 10.1. The van der Waals surface area contributed by atoms with Gasteiger partial charge in [-0.05, 0) is 56.1 Å². The highest BCUT2D eigenvalue weighted by Gasteiger charge is 2.59. The number of piperidine rings is 1. The number of hydrogen-bond donors (Lipinski definition) is 1. The summed E-state index contributed by atoms with van der Waals surface area (Å²) in [7, 11) is 0. The molecule has 4 aliphatic rings. The van der Waals surface area contributed by atoms with Gasteiger partial charge in [0.05, 0.1) is 36.2 Å². The number of halogens is 2. The summed E-state index contributed by atoms with van der Waals surface area (Å²) < 4.78 is 26.7. The molecule has 1 aromatic heterocycles.